The quantitative estimate of drug-likeness (QED) is 0.798. The first kappa shape index (κ1) is 12.1. The van der Waals surface area contributed by atoms with E-state index in [-0.39, 0.29) is 0 Å². The lowest BCUT2D eigenvalue weighted by Crippen LogP contribution is -2.19. The predicted molar refractivity (Wildman–Crippen MR) is 67.8 cm³/mol. The normalized spacial score (nSPS) is 10.3. The molecule has 2 rings (SSSR count). The maximum absolute atomic E-state index is 5.94. The molecule has 7 heteroatoms. The zero-order valence-electron chi connectivity index (χ0n) is 9.42. The molecule has 0 amide bonds. The largest absolute Gasteiger partial charge is 0.490 e. The van der Waals surface area contributed by atoms with Gasteiger partial charge in [-0.15, -0.1) is 11.3 Å². The molecule has 2 heterocycles. The van der Waals surface area contributed by atoms with Crippen molar-refractivity contribution in [2.24, 2.45) is 0 Å². The van der Waals surface area contributed by atoms with Crippen molar-refractivity contribution in [2.45, 2.75) is 6.54 Å². The van der Waals surface area contributed by atoms with Gasteiger partial charge in [-0.25, -0.2) is 15.0 Å². The SMILES string of the molecule is COc1c(Cl)ncnc1N(C)Cc1cscn1. The first-order valence-electron chi connectivity index (χ1n) is 4.85. The topological polar surface area (TPSA) is 51.1 Å². The molecular formula is C10H11ClN4OS. The van der Waals surface area contributed by atoms with Crippen LogP contribution in [0.4, 0.5) is 5.82 Å². The van der Waals surface area contributed by atoms with E-state index >= 15 is 0 Å². The second kappa shape index (κ2) is 5.29. The summed E-state index contributed by atoms with van der Waals surface area (Å²) < 4.78 is 5.20. The molecule has 0 unspecified atom stereocenters. The van der Waals surface area contributed by atoms with Crippen LogP contribution in [0.15, 0.2) is 17.2 Å². The Bertz CT molecular complexity index is 491. The molecule has 0 aromatic carbocycles. The Morgan fingerprint density at radius 2 is 2.24 bits per heavy atom. The number of anilines is 1. The van der Waals surface area contributed by atoms with Gasteiger partial charge in [0.2, 0.25) is 0 Å². The van der Waals surface area contributed by atoms with Gasteiger partial charge in [-0.1, -0.05) is 11.6 Å². The first-order valence-corrected chi connectivity index (χ1v) is 6.17. The van der Waals surface area contributed by atoms with E-state index < -0.39 is 0 Å². The van der Waals surface area contributed by atoms with Crippen molar-refractivity contribution in [1.29, 1.82) is 0 Å². The van der Waals surface area contributed by atoms with Gasteiger partial charge in [-0.2, -0.15) is 0 Å². The van der Waals surface area contributed by atoms with E-state index in [9.17, 15) is 0 Å². The number of ether oxygens (including phenoxy) is 1. The van der Waals surface area contributed by atoms with Gasteiger partial charge in [0.15, 0.2) is 16.7 Å². The number of rotatable bonds is 4. The van der Waals surface area contributed by atoms with Crippen LogP contribution < -0.4 is 9.64 Å². The summed E-state index contributed by atoms with van der Waals surface area (Å²) in [5, 5.41) is 2.30. The lowest BCUT2D eigenvalue weighted by atomic mass is 10.4. The molecule has 0 aliphatic heterocycles. The molecule has 0 aliphatic carbocycles. The summed E-state index contributed by atoms with van der Waals surface area (Å²) in [4.78, 5) is 14.2. The zero-order valence-corrected chi connectivity index (χ0v) is 11.0. The number of hydrogen-bond acceptors (Lipinski definition) is 6. The molecule has 17 heavy (non-hydrogen) atoms. The van der Waals surface area contributed by atoms with E-state index in [1.54, 1.807) is 24.0 Å². The minimum Gasteiger partial charge on any atom is -0.490 e. The van der Waals surface area contributed by atoms with Gasteiger partial charge in [-0.05, 0) is 0 Å². The fourth-order valence-corrected chi connectivity index (χ4v) is 2.18. The minimum absolute atomic E-state index is 0.308. The monoisotopic (exact) mass is 270 g/mol. The maximum atomic E-state index is 5.94. The third-order valence-corrected chi connectivity index (χ3v) is 3.09. The van der Waals surface area contributed by atoms with Crippen molar-refractivity contribution >= 4 is 28.8 Å². The highest BCUT2D eigenvalue weighted by atomic mass is 35.5. The average molecular weight is 271 g/mol. The minimum atomic E-state index is 0.308. The average Bonchev–Trinajstić information content (AvgIpc) is 2.81. The molecule has 2 aromatic rings. The number of nitrogens with zero attached hydrogens (tertiary/aromatic N) is 4. The molecule has 0 aliphatic rings. The van der Waals surface area contributed by atoms with Crippen molar-refractivity contribution in [3.05, 3.63) is 28.1 Å². The number of halogens is 1. The summed E-state index contributed by atoms with van der Waals surface area (Å²) in [5.41, 5.74) is 2.78. The second-order valence-electron chi connectivity index (χ2n) is 3.36. The van der Waals surface area contributed by atoms with Crippen LogP contribution in [0.3, 0.4) is 0 Å². The van der Waals surface area contributed by atoms with E-state index in [1.807, 2.05) is 17.3 Å². The molecule has 0 fully saturated rings. The van der Waals surface area contributed by atoms with Crippen molar-refractivity contribution < 1.29 is 4.74 Å². The highest BCUT2D eigenvalue weighted by molar-refractivity contribution is 7.07. The van der Waals surface area contributed by atoms with Crippen LogP contribution in [0.25, 0.3) is 0 Å². The van der Waals surface area contributed by atoms with Crippen LogP contribution in [0, 0.1) is 0 Å². The highest BCUT2D eigenvalue weighted by Gasteiger charge is 2.14. The lowest BCUT2D eigenvalue weighted by molar-refractivity contribution is 0.411. The zero-order chi connectivity index (χ0) is 12.3. The molecule has 5 nitrogen and oxygen atoms in total. The molecule has 0 saturated heterocycles. The number of methoxy groups -OCH3 is 1. The number of hydrogen-bond donors (Lipinski definition) is 0. The van der Waals surface area contributed by atoms with Crippen LogP contribution in [0.5, 0.6) is 5.75 Å². The van der Waals surface area contributed by atoms with Crippen LogP contribution in [-0.2, 0) is 6.54 Å². The molecule has 0 N–H and O–H groups in total. The Morgan fingerprint density at radius 1 is 1.41 bits per heavy atom. The van der Waals surface area contributed by atoms with E-state index in [1.165, 1.54) is 6.33 Å². The number of thiazole rings is 1. The van der Waals surface area contributed by atoms with Crippen LogP contribution in [0.1, 0.15) is 5.69 Å². The lowest BCUT2D eigenvalue weighted by Gasteiger charge is -2.19. The van der Waals surface area contributed by atoms with Crippen LogP contribution in [-0.4, -0.2) is 29.1 Å². The summed E-state index contributed by atoms with van der Waals surface area (Å²) in [6, 6.07) is 0. The van der Waals surface area contributed by atoms with E-state index in [0.29, 0.717) is 23.3 Å². The third kappa shape index (κ3) is 2.65. The Hall–Kier alpha value is -1.40. The van der Waals surface area contributed by atoms with E-state index in [2.05, 4.69) is 15.0 Å². The molecular weight excluding hydrogens is 260 g/mol. The van der Waals surface area contributed by atoms with Crippen molar-refractivity contribution in [3.63, 3.8) is 0 Å². The van der Waals surface area contributed by atoms with Gasteiger partial charge in [0.05, 0.1) is 24.9 Å². The fraction of sp³-hybridized carbons (Fsp3) is 0.300. The molecule has 0 radical (unpaired) electrons. The van der Waals surface area contributed by atoms with Gasteiger partial charge >= 0.3 is 0 Å². The van der Waals surface area contributed by atoms with E-state index in [0.717, 1.165) is 5.69 Å². The van der Waals surface area contributed by atoms with Gasteiger partial charge in [0.1, 0.15) is 6.33 Å². The van der Waals surface area contributed by atoms with Crippen molar-refractivity contribution in [2.75, 3.05) is 19.1 Å². The molecule has 2 aromatic heterocycles. The Kier molecular flexibility index (Phi) is 3.75. The van der Waals surface area contributed by atoms with Gasteiger partial charge < -0.3 is 9.64 Å². The van der Waals surface area contributed by atoms with Crippen LogP contribution >= 0.6 is 22.9 Å². The third-order valence-electron chi connectivity index (χ3n) is 2.19. The summed E-state index contributed by atoms with van der Waals surface area (Å²) in [6.45, 7) is 0.646. The predicted octanol–water partition coefficient (Wildman–Crippen LogP) is 2.23. The summed E-state index contributed by atoms with van der Waals surface area (Å²) in [7, 11) is 3.45. The molecule has 0 bridgehead atoms. The smallest absolute Gasteiger partial charge is 0.199 e. The highest BCUT2D eigenvalue weighted by Crippen LogP contribution is 2.31. The maximum Gasteiger partial charge on any atom is 0.199 e. The molecule has 0 atom stereocenters. The van der Waals surface area contributed by atoms with Crippen LogP contribution in [0.2, 0.25) is 5.15 Å². The number of aromatic nitrogens is 3. The van der Waals surface area contributed by atoms with Gasteiger partial charge in [0, 0.05) is 12.4 Å². The Balaban J connectivity index is 2.24. The second-order valence-corrected chi connectivity index (χ2v) is 4.43. The standard InChI is InChI=1S/C10H11ClN4OS/c1-15(3-7-4-17-6-14-7)10-8(16-2)9(11)12-5-13-10/h4-6H,3H2,1-2H3. The summed E-state index contributed by atoms with van der Waals surface area (Å²) in [6.07, 6.45) is 1.41. The summed E-state index contributed by atoms with van der Waals surface area (Å²) >= 11 is 7.50. The van der Waals surface area contributed by atoms with Gasteiger partial charge in [-0.3, -0.25) is 0 Å². The van der Waals surface area contributed by atoms with Crippen molar-refractivity contribution in [1.82, 2.24) is 15.0 Å². The van der Waals surface area contributed by atoms with Crippen molar-refractivity contribution in [3.8, 4) is 5.75 Å². The fourth-order valence-electron chi connectivity index (χ4n) is 1.42. The van der Waals surface area contributed by atoms with Gasteiger partial charge in [0.25, 0.3) is 0 Å². The summed E-state index contributed by atoms with van der Waals surface area (Å²) in [5.74, 6) is 1.13. The molecule has 0 saturated carbocycles. The molecule has 0 spiro atoms. The molecule has 90 valence electrons. The first-order chi connectivity index (χ1) is 8.22. The Morgan fingerprint density at radius 3 is 2.88 bits per heavy atom. The Labute approximate surface area is 108 Å². The van der Waals surface area contributed by atoms with E-state index in [4.69, 9.17) is 16.3 Å².